The Morgan fingerprint density at radius 1 is 1.04 bits per heavy atom. The molecule has 0 radical (unpaired) electrons. The number of hydrogen-bond donors (Lipinski definition) is 1. The van der Waals surface area contributed by atoms with Gasteiger partial charge in [-0.2, -0.15) is 5.10 Å². The summed E-state index contributed by atoms with van der Waals surface area (Å²) in [6.07, 6.45) is 1.56. The average molecular weight is 439 g/mol. The van der Waals surface area contributed by atoms with Gasteiger partial charge in [-0.1, -0.05) is 46.3 Å². The second kappa shape index (κ2) is 9.71. The van der Waals surface area contributed by atoms with E-state index in [9.17, 15) is 4.79 Å². The van der Waals surface area contributed by atoms with Gasteiger partial charge in [0.25, 0.3) is 5.91 Å². The van der Waals surface area contributed by atoms with Crippen LogP contribution in [0.1, 0.15) is 21.5 Å². The average Bonchev–Trinajstić information content (AvgIpc) is 2.74. The van der Waals surface area contributed by atoms with Crippen molar-refractivity contribution in [1.82, 2.24) is 5.43 Å². The van der Waals surface area contributed by atoms with Gasteiger partial charge in [0, 0.05) is 10.0 Å². The number of nitrogens with zero attached hydrogens (tertiary/aromatic N) is 1. The van der Waals surface area contributed by atoms with Crippen molar-refractivity contribution in [3.05, 3.63) is 94.0 Å². The molecule has 3 aromatic rings. The summed E-state index contributed by atoms with van der Waals surface area (Å²) in [5.74, 6) is 0.963. The minimum Gasteiger partial charge on any atom is -0.493 e. The molecule has 3 aromatic carbocycles. The molecule has 0 atom stereocenters. The number of amides is 1. The normalized spacial score (nSPS) is 10.6. The first kappa shape index (κ1) is 19.6. The molecule has 0 aliphatic carbocycles. The Bertz CT molecular complexity index is 957. The van der Waals surface area contributed by atoms with Crippen LogP contribution in [0.15, 0.2) is 82.4 Å². The zero-order valence-electron chi connectivity index (χ0n) is 15.3. The third-order valence-corrected chi connectivity index (χ3v) is 4.44. The van der Waals surface area contributed by atoms with E-state index in [0.29, 0.717) is 23.7 Å². The fraction of sp³-hybridized carbons (Fsp3) is 0.0909. The number of carbonyl (C=O) groups excluding carboxylic acids is 1. The van der Waals surface area contributed by atoms with Gasteiger partial charge in [-0.3, -0.25) is 4.79 Å². The molecule has 6 heteroatoms. The predicted octanol–water partition coefficient (Wildman–Crippen LogP) is 4.80. The Morgan fingerprint density at radius 3 is 2.50 bits per heavy atom. The molecule has 28 heavy (non-hydrogen) atoms. The fourth-order valence-corrected chi connectivity index (χ4v) is 2.71. The highest BCUT2D eigenvalue weighted by Gasteiger charge is 2.06. The van der Waals surface area contributed by atoms with Crippen LogP contribution in [-0.4, -0.2) is 19.2 Å². The summed E-state index contributed by atoms with van der Waals surface area (Å²) in [7, 11) is 1.58. The number of methoxy groups -OCH3 is 1. The van der Waals surface area contributed by atoms with Crippen molar-refractivity contribution in [2.75, 3.05) is 7.11 Å². The molecule has 3 rings (SSSR count). The zero-order valence-corrected chi connectivity index (χ0v) is 16.8. The smallest absolute Gasteiger partial charge is 0.271 e. The molecule has 0 heterocycles. The zero-order chi connectivity index (χ0) is 19.8. The van der Waals surface area contributed by atoms with Gasteiger partial charge in [-0.15, -0.1) is 0 Å². The van der Waals surface area contributed by atoms with Crippen molar-refractivity contribution in [3.63, 3.8) is 0 Å². The quantitative estimate of drug-likeness (QED) is 0.425. The lowest BCUT2D eigenvalue weighted by molar-refractivity contribution is 0.0955. The summed E-state index contributed by atoms with van der Waals surface area (Å²) in [5, 5.41) is 4.00. The van der Waals surface area contributed by atoms with Crippen molar-refractivity contribution in [1.29, 1.82) is 0 Å². The molecule has 1 amide bonds. The summed E-state index contributed by atoms with van der Waals surface area (Å²) in [6.45, 7) is 0.435. The molecule has 142 valence electrons. The number of ether oxygens (including phenoxy) is 2. The van der Waals surface area contributed by atoms with Crippen LogP contribution in [0, 0.1) is 0 Å². The molecule has 0 aromatic heterocycles. The van der Waals surface area contributed by atoms with E-state index < -0.39 is 0 Å². The highest BCUT2D eigenvalue weighted by atomic mass is 79.9. The van der Waals surface area contributed by atoms with Crippen LogP contribution >= 0.6 is 15.9 Å². The Kier molecular flexibility index (Phi) is 6.81. The SMILES string of the molecule is COc1cc(/C=N/NC(=O)c2ccccc2)ccc1OCc1ccc(Br)cc1. The van der Waals surface area contributed by atoms with Crippen molar-refractivity contribution in [3.8, 4) is 11.5 Å². The summed E-state index contributed by atoms with van der Waals surface area (Å²) in [6, 6.07) is 22.3. The van der Waals surface area contributed by atoms with Crippen LogP contribution in [0.25, 0.3) is 0 Å². The number of hydrogen-bond acceptors (Lipinski definition) is 4. The number of carbonyl (C=O) groups is 1. The van der Waals surface area contributed by atoms with Gasteiger partial charge < -0.3 is 9.47 Å². The highest BCUT2D eigenvalue weighted by Crippen LogP contribution is 2.28. The Balaban J connectivity index is 1.62. The van der Waals surface area contributed by atoms with Gasteiger partial charge in [0.2, 0.25) is 0 Å². The molecule has 0 aliphatic heterocycles. The number of nitrogens with one attached hydrogen (secondary N) is 1. The molecule has 0 spiro atoms. The van der Waals surface area contributed by atoms with Gasteiger partial charge in [0.05, 0.1) is 13.3 Å². The molecule has 0 bridgehead atoms. The lowest BCUT2D eigenvalue weighted by Crippen LogP contribution is -2.17. The lowest BCUT2D eigenvalue weighted by atomic mass is 10.2. The predicted molar refractivity (Wildman–Crippen MR) is 113 cm³/mol. The minimum atomic E-state index is -0.265. The summed E-state index contributed by atoms with van der Waals surface area (Å²) < 4.78 is 12.3. The van der Waals surface area contributed by atoms with E-state index in [1.54, 1.807) is 43.7 Å². The van der Waals surface area contributed by atoms with E-state index in [-0.39, 0.29) is 5.91 Å². The van der Waals surface area contributed by atoms with Gasteiger partial charge in [0.15, 0.2) is 11.5 Å². The van der Waals surface area contributed by atoms with Gasteiger partial charge in [-0.25, -0.2) is 5.43 Å². The van der Waals surface area contributed by atoms with Crippen LogP contribution in [0.5, 0.6) is 11.5 Å². The fourth-order valence-electron chi connectivity index (χ4n) is 2.44. The van der Waals surface area contributed by atoms with E-state index in [4.69, 9.17) is 9.47 Å². The maximum absolute atomic E-state index is 12.0. The Labute approximate surface area is 172 Å². The van der Waals surface area contributed by atoms with E-state index >= 15 is 0 Å². The molecular formula is C22H19BrN2O3. The second-order valence-corrected chi connectivity index (χ2v) is 6.81. The summed E-state index contributed by atoms with van der Waals surface area (Å²) in [5.41, 5.74) is 4.89. The first-order valence-electron chi connectivity index (χ1n) is 8.59. The van der Waals surface area contributed by atoms with Crippen molar-refractivity contribution >= 4 is 28.1 Å². The number of benzene rings is 3. The third kappa shape index (κ3) is 5.44. The lowest BCUT2D eigenvalue weighted by Gasteiger charge is -2.11. The van der Waals surface area contributed by atoms with Gasteiger partial charge in [0.1, 0.15) is 6.61 Å². The maximum Gasteiger partial charge on any atom is 0.271 e. The maximum atomic E-state index is 12.0. The summed E-state index contributed by atoms with van der Waals surface area (Å²) in [4.78, 5) is 12.0. The van der Waals surface area contributed by atoms with Crippen LogP contribution in [-0.2, 0) is 6.61 Å². The van der Waals surface area contributed by atoms with Crippen molar-refractivity contribution in [2.24, 2.45) is 5.10 Å². The van der Waals surface area contributed by atoms with Crippen LogP contribution in [0.3, 0.4) is 0 Å². The molecular weight excluding hydrogens is 420 g/mol. The van der Waals surface area contributed by atoms with Crippen molar-refractivity contribution in [2.45, 2.75) is 6.61 Å². The van der Waals surface area contributed by atoms with E-state index in [2.05, 4.69) is 26.5 Å². The highest BCUT2D eigenvalue weighted by molar-refractivity contribution is 9.10. The Morgan fingerprint density at radius 2 is 1.79 bits per heavy atom. The molecule has 0 fully saturated rings. The van der Waals surface area contributed by atoms with E-state index in [1.807, 2.05) is 42.5 Å². The Hall–Kier alpha value is -3.12. The second-order valence-electron chi connectivity index (χ2n) is 5.89. The molecule has 0 saturated carbocycles. The largest absolute Gasteiger partial charge is 0.493 e. The molecule has 0 aliphatic rings. The minimum absolute atomic E-state index is 0.265. The standard InChI is InChI=1S/C22H19BrN2O3/c1-27-21-13-17(14-24-25-22(26)18-5-3-2-4-6-18)9-12-20(21)28-15-16-7-10-19(23)11-8-16/h2-14H,15H2,1H3,(H,25,26)/b24-14+. The molecule has 0 saturated heterocycles. The van der Waals surface area contributed by atoms with Gasteiger partial charge >= 0.3 is 0 Å². The van der Waals surface area contributed by atoms with Crippen LogP contribution < -0.4 is 14.9 Å². The summed E-state index contributed by atoms with van der Waals surface area (Å²) >= 11 is 3.42. The van der Waals surface area contributed by atoms with Crippen LogP contribution in [0.4, 0.5) is 0 Å². The first-order chi connectivity index (χ1) is 13.7. The van der Waals surface area contributed by atoms with E-state index in [1.165, 1.54) is 0 Å². The monoisotopic (exact) mass is 438 g/mol. The number of halogens is 1. The first-order valence-corrected chi connectivity index (χ1v) is 9.39. The topological polar surface area (TPSA) is 59.9 Å². The van der Waals surface area contributed by atoms with Crippen molar-refractivity contribution < 1.29 is 14.3 Å². The number of rotatable bonds is 7. The molecule has 0 unspecified atom stereocenters. The molecule has 5 nitrogen and oxygen atoms in total. The molecule has 1 N–H and O–H groups in total. The third-order valence-electron chi connectivity index (χ3n) is 3.91. The van der Waals surface area contributed by atoms with E-state index in [0.717, 1.165) is 15.6 Å². The number of hydrazone groups is 1. The van der Waals surface area contributed by atoms with Gasteiger partial charge in [-0.05, 0) is 53.6 Å². The van der Waals surface area contributed by atoms with Crippen LogP contribution in [0.2, 0.25) is 0 Å².